The Morgan fingerprint density at radius 3 is 2.67 bits per heavy atom. The zero-order chi connectivity index (χ0) is 22.8. The summed E-state index contributed by atoms with van der Waals surface area (Å²) in [5.74, 6) is 0.610. The number of methoxy groups -OCH3 is 1. The number of nitrogens with zero attached hydrogens (tertiary/aromatic N) is 3. The van der Waals surface area contributed by atoms with Crippen LogP contribution in [0.15, 0.2) is 54.6 Å². The number of hydrogen-bond acceptors (Lipinski definition) is 6. The lowest BCUT2D eigenvalue weighted by molar-refractivity contribution is 0.0948. The van der Waals surface area contributed by atoms with Gasteiger partial charge in [-0.3, -0.25) is 9.69 Å². The van der Waals surface area contributed by atoms with Crippen LogP contribution in [0.2, 0.25) is 5.02 Å². The number of nitrogens with one attached hydrogen (secondary N) is 1. The minimum absolute atomic E-state index is 0.0264. The van der Waals surface area contributed by atoms with E-state index < -0.39 is 0 Å². The van der Waals surface area contributed by atoms with Crippen LogP contribution in [0.3, 0.4) is 0 Å². The molecule has 0 aliphatic carbocycles. The number of amides is 1. The van der Waals surface area contributed by atoms with Gasteiger partial charge >= 0.3 is 0 Å². The van der Waals surface area contributed by atoms with Gasteiger partial charge in [0, 0.05) is 44.8 Å². The summed E-state index contributed by atoms with van der Waals surface area (Å²) in [6.45, 7) is 5.11. The van der Waals surface area contributed by atoms with Gasteiger partial charge < -0.3 is 15.0 Å². The third-order valence-corrected chi connectivity index (χ3v) is 7.41. The molecule has 170 valence electrons. The number of anilines is 1. The molecule has 1 aliphatic heterocycles. The Kier molecular flexibility index (Phi) is 6.35. The van der Waals surface area contributed by atoms with Crippen molar-refractivity contribution in [2.24, 2.45) is 0 Å². The van der Waals surface area contributed by atoms with E-state index in [0.717, 1.165) is 58.8 Å². The van der Waals surface area contributed by atoms with Crippen molar-refractivity contribution in [3.63, 3.8) is 0 Å². The molecular weight excluding hydrogens is 456 g/mol. The van der Waals surface area contributed by atoms with Gasteiger partial charge in [-0.15, -0.1) is 0 Å². The monoisotopic (exact) mass is 480 g/mol. The first-order valence-corrected chi connectivity index (χ1v) is 12.2. The number of aromatic nitrogens is 1. The van der Waals surface area contributed by atoms with E-state index in [9.17, 15) is 4.79 Å². The number of carbonyl (C=O) groups excluding carboxylic acids is 1. The van der Waals surface area contributed by atoms with Crippen molar-refractivity contribution in [1.82, 2.24) is 15.2 Å². The second-order valence-corrected chi connectivity index (χ2v) is 9.49. The van der Waals surface area contributed by atoms with Crippen LogP contribution in [0, 0.1) is 0 Å². The van der Waals surface area contributed by atoms with Crippen LogP contribution in [0.5, 0.6) is 5.75 Å². The second kappa shape index (κ2) is 9.55. The lowest BCUT2D eigenvalue weighted by atomic mass is 10.1. The number of halogens is 1. The molecule has 0 atom stereocenters. The normalized spacial score (nSPS) is 14.7. The SMILES string of the molecule is COc1c(Cl)ccc2sc(N3CCN(CCNC(=O)c4ccc5ccccc5c4)CC3)nc12. The number of rotatable bonds is 6. The summed E-state index contributed by atoms with van der Waals surface area (Å²) in [6.07, 6.45) is 0. The average Bonchev–Trinajstić information content (AvgIpc) is 3.28. The minimum Gasteiger partial charge on any atom is -0.493 e. The van der Waals surface area contributed by atoms with Crippen LogP contribution in [0.25, 0.3) is 21.0 Å². The maximum atomic E-state index is 12.6. The van der Waals surface area contributed by atoms with Gasteiger partial charge in [0.15, 0.2) is 10.9 Å². The van der Waals surface area contributed by atoms with Crippen LogP contribution in [0.1, 0.15) is 10.4 Å². The first kappa shape index (κ1) is 21.9. The molecule has 1 amide bonds. The van der Waals surface area contributed by atoms with Crippen molar-refractivity contribution in [3.8, 4) is 5.75 Å². The second-order valence-electron chi connectivity index (χ2n) is 8.07. The molecule has 8 heteroatoms. The maximum Gasteiger partial charge on any atom is 0.251 e. The standard InChI is InChI=1S/C25H25ClN4O2S/c1-32-23-20(26)8-9-21-22(23)28-25(33-21)30-14-12-29(13-15-30)11-10-27-24(31)19-7-6-17-4-2-3-5-18(17)16-19/h2-9,16H,10-15H2,1H3,(H,27,31). The third-order valence-electron chi connectivity index (χ3n) is 6.03. The van der Waals surface area contributed by atoms with Gasteiger partial charge in [0.25, 0.3) is 5.91 Å². The van der Waals surface area contributed by atoms with E-state index in [1.807, 2.05) is 48.5 Å². The number of hydrogen-bond donors (Lipinski definition) is 1. The molecule has 1 N–H and O–H groups in total. The van der Waals surface area contributed by atoms with Gasteiger partial charge in [-0.1, -0.05) is 53.3 Å². The van der Waals surface area contributed by atoms with E-state index in [1.165, 1.54) is 0 Å². The number of benzene rings is 3. The molecule has 0 unspecified atom stereocenters. The Morgan fingerprint density at radius 1 is 1.09 bits per heavy atom. The highest BCUT2D eigenvalue weighted by Gasteiger charge is 2.21. The molecule has 1 saturated heterocycles. The van der Waals surface area contributed by atoms with Crippen molar-refractivity contribution in [3.05, 3.63) is 65.2 Å². The highest BCUT2D eigenvalue weighted by molar-refractivity contribution is 7.22. The number of carbonyl (C=O) groups is 1. The van der Waals surface area contributed by atoms with Gasteiger partial charge in [0.1, 0.15) is 5.52 Å². The molecule has 0 spiro atoms. The van der Waals surface area contributed by atoms with Crippen molar-refractivity contribution in [2.75, 3.05) is 51.3 Å². The molecule has 2 heterocycles. The first-order chi connectivity index (χ1) is 16.1. The van der Waals surface area contributed by atoms with Crippen LogP contribution in [-0.4, -0.2) is 62.2 Å². The van der Waals surface area contributed by atoms with Crippen molar-refractivity contribution in [2.45, 2.75) is 0 Å². The Balaban J connectivity index is 1.13. The quantitative estimate of drug-likeness (QED) is 0.435. The number of fused-ring (bicyclic) bond motifs is 2. The van der Waals surface area contributed by atoms with Crippen LogP contribution in [0.4, 0.5) is 5.13 Å². The Bertz CT molecular complexity index is 1300. The summed E-state index contributed by atoms with van der Waals surface area (Å²) < 4.78 is 6.52. The van der Waals surface area contributed by atoms with Crippen LogP contribution < -0.4 is 15.0 Å². The number of thiazole rings is 1. The van der Waals surface area contributed by atoms with E-state index in [4.69, 9.17) is 21.3 Å². The molecule has 5 rings (SSSR count). The molecule has 33 heavy (non-hydrogen) atoms. The lowest BCUT2D eigenvalue weighted by Crippen LogP contribution is -2.48. The zero-order valence-corrected chi connectivity index (χ0v) is 20.0. The third kappa shape index (κ3) is 4.62. The highest BCUT2D eigenvalue weighted by atomic mass is 35.5. The first-order valence-electron chi connectivity index (χ1n) is 11.0. The molecule has 0 saturated carbocycles. The van der Waals surface area contributed by atoms with Gasteiger partial charge in [-0.25, -0.2) is 4.98 Å². The van der Waals surface area contributed by atoms with E-state index >= 15 is 0 Å². The minimum atomic E-state index is -0.0264. The molecule has 6 nitrogen and oxygen atoms in total. The summed E-state index contributed by atoms with van der Waals surface area (Å²) in [6, 6.07) is 17.8. The molecule has 4 aromatic rings. The van der Waals surface area contributed by atoms with Gasteiger partial charge in [0.05, 0.1) is 16.8 Å². The molecule has 0 bridgehead atoms. The van der Waals surface area contributed by atoms with E-state index in [-0.39, 0.29) is 5.91 Å². The highest BCUT2D eigenvalue weighted by Crippen LogP contribution is 2.38. The smallest absolute Gasteiger partial charge is 0.251 e. The van der Waals surface area contributed by atoms with Crippen molar-refractivity contribution < 1.29 is 9.53 Å². The Labute approximate surface area is 201 Å². The van der Waals surface area contributed by atoms with Crippen molar-refractivity contribution in [1.29, 1.82) is 0 Å². The molecule has 3 aromatic carbocycles. The molecule has 1 fully saturated rings. The summed E-state index contributed by atoms with van der Waals surface area (Å²) in [4.78, 5) is 22.0. The van der Waals surface area contributed by atoms with Gasteiger partial charge in [-0.05, 0) is 35.0 Å². The topological polar surface area (TPSA) is 57.7 Å². The maximum absolute atomic E-state index is 12.6. The van der Waals surface area contributed by atoms with E-state index in [0.29, 0.717) is 22.9 Å². The van der Waals surface area contributed by atoms with Crippen molar-refractivity contribution >= 4 is 55.0 Å². The van der Waals surface area contributed by atoms with E-state index in [2.05, 4.69) is 21.2 Å². The molecule has 1 aromatic heterocycles. The lowest BCUT2D eigenvalue weighted by Gasteiger charge is -2.34. The average molecular weight is 481 g/mol. The predicted octanol–water partition coefficient (Wildman–Crippen LogP) is 4.66. The van der Waals surface area contributed by atoms with E-state index in [1.54, 1.807) is 18.4 Å². The van der Waals surface area contributed by atoms with Crippen LogP contribution >= 0.6 is 22.9 Å². The predicted molar refractivity (Wildman–Crippen MR) is 136 cm³/mol. The Morgan fingerprint density at radius 2 is 1.88 bits per heavy atom. The fourth-order valence-corrected chi connectivity index (χ4v) is 5.43. The largest absolute Gasteiger partial charge is 0.493 e. The zero-order valence-electron chi connectivity index (χ0n) is 18.4. The van der Waals surface area contributed by atoms with Crippen LogP contribution in [-0.2, 0) is 0 Å². The number of piperazine rings is 1. The summed E-state index contributed by atoms with van der Waals surface area (Å²) >= 11 is 7.91. The van der Waals surface area contributed by atoms with Gasteiger partial charge in [0.2, 0.25) is 0 Å². The molecular formula is C25H25ClN4O2S. The number of ether oxygens (including phenoxy) is 1. The fraction of sp³-hybridized carbons (Fsp3) is 0.280. The fourth-order valence-electron chi connectivity index (χ4n) is 4.19. The summed E-state index contributed by atoms with van der Waals surface area (Å²) in [7, 11) is 1.62. The summed E-state index contributed by atoms with van der Waals surface area (Å²) in [5.41, 5.74) is 1.52. The molecule has 0 radical (unpaired) electrons. The Hall–Kier alpha value is -2.87. The molecule has 1 aliphatic rings. The summed E-state index contributed by atoms with van der Waals surface area (Å²) in [5, 5.41) is 6.85. The van der Waals surface area contributed by atoms with Gasteiger partial charge in [-0.2, -0.15) is 0 Å².